The average Bonchev–Trinajstić information content (AvgIpc) is 3.05. The van der Waals surface area contributed by atoms with E-state index in [2.05, 4.69) is 27.7 Å². The lowest BCUT2D eigenvalue weighted by molar-refractivity contribution is 0.292. The summed E-state index contributed by atoms with van der Waals surface area (Å²) in [6.45, 7) is 14.6. The maximum Gasteiger partial charge on any atom is 0.336 e. The van der Waals surface area contributed by atoms with Gasteiger partial charge in [-0.1, -0.05) is 188 Å². The van der Waals surface area contributed by atoms with Crippen LogP contribution >= 0.6 is 15.2 Å². The van der Waals surface area contributed by atoms with Gasteiger partial charge in [0.15, 0.2) is 0 Å². The summed E-state index contributed by atoms with van der Waals surface area (Å²) in [6.07, 6.45) is 26.2. The van der Waals surface area contributed by atoms with E-state index >= 15 is 0 Å². The Balaban J connectivity index is 3.91. The van der Waals surface area contributed by atoms with Crippen LogP contribution in [0.1, 0.15) is 235 Å². The number of hydrogen-bond donors (Lipinski definition) is 4. The number of rotatable bonds is 32. The van der Waals surface area contributed by atoms with E-state index in [0.29, 0.717) is 42.4 Å². The highest BCUT2D eigenvalue weighted by Crippen LogP contribution is 2.67. The van der Waals surface area contributed by atoms with Crippen molar-refractivity contribution in [3.63, 3.8) is 0 Å². The Hall–Kier alpha value is -0.480. The number of unbranched alkanes of at least 4 members (excludes halogenated alkanes) is 20. The van der Waals surface area contributed by atoms with Gasteiger partial charge < -0.3 is 19.6 Å². The molecule has 0 bridgehead atoms. The van der Waals surface area contributed by atoms with E-state index in [1.807, 2.05) is 26.8 Å². The van der Waals surface area contributed by atoms with Crippen LogP contribution in [0, 0.1) is 20.8 Å². The molecule has 0 saturated heterocycles. The largest absolute Gasteiger partial charge is 0.336 e. The molecule has 6 nitrogen and oxygen atoms in total. The third kappa shape index (κ3) is 15.3. The molecule has 0 aliphatic rings. The van der Waals surface area contributed by atoms with E-state index in [0.717, 1.165) is 140 Å². The van der Waals surface area contributed by atoms with Gasteiger partial charge in [0.25, 0.3) is 0 Å². The van der Waals surface area contributed by atoms with Gasteiger partial charge in [0.05, 0.1) is 10.3 Å². The fourth-order valence-corrected chi connectivity index (χ4v) is 12.1. The second-order valence-corrected chi connectivity index (χ2v) is 20.0. The van der Waals surface area contributed by atoms with Crippen molar-refractivity contribution in [1.82, 2.24) is 0 Å². The number of aryl methyl sites for hydroxylation is 2. The Morgan fingerprint density at radius 3 is 0.843 bits per heavy atom. The van der Waals surface area contributed by atoms with Crippen molar-refractivity contribution in [2.45, 2.75) is 239 Å². The fraction of sp³-hybridized carbons (Fsp3) is 0.860. The third-order valence-electron chi connectivity index (χ3n) is 11.8. The predicted octanol–water partition coefficient (Wildman–Crippen LogP) is 14.4. The molecule has 0 aromatic heterocycles. The highest BCUT2D eigenvalue weighted by Gasteiger charge is 2.53. The van der Waals surface area contributed by atoms with Gasteiger partial charge in [-0.3, -0.25) is 9.13 Å². The second kappa shape index (κ2) is 25.6. The molecule has 0 atom stereocenters. The van der Waals surface area contributed by atoms with E-state index in [4.69, 9.17) is 0 Å². The van der Waals surface area contributed by atoms with Gasteiger partial charge in [0.1, 0.15) is 0 Å². The summed E-state index contributed by atoms with van der Waals surface area (Å²) >= 11 is 0. The molecule has 51 heavy (non-hydrogen) atoms. The van der Waals surface area contributed by atoms with E-state index in [-0.39, 0.29) is 0 Å². The van der Waals surface area contributed by atoms with E-state index in [1.165, 1.54) is 25.7 Å². The summed E-state index contributed by atoms with van der Waals surface area (Å²) in [6, 6.07) is 2.00. The summed E-state index contributed by atoms with van der Waals surface area (Å²) in [5, 5.41) is -2.75. The van der Waals surface area contributed by atoms with Gasteiger partial charge in [-0.25, -0.2) is 0 Å². The first kappa shape index (κ1) is 48.5. The minimum Gasteiger partial charge on any atom is -0.324 e. The molecule has 1 rings (SSSR count). The number of benzene rings is 1. The zero-order valence-corrected chi connectivity index (χ0v) is 36.2. The van der Waals surface area contributed by atoms with Gasteiger partial charge in [0.2, 0.25) is 0 Å². The molecule has 0 amide bonds. The summed E-state index contributed by atoms with van der Waals surface area (Å²) in [7, 11) is -9.40. The molecule has 0 aliphatic heterocycles. The molecule has 0 radical (unpaired) electrons. The first-order valence-electron chi connectivity index (χ1n) is 21.4. The molecule has 0 aliphatic carbocycles. The zero-order chi connectivity index (χ0) is 38.4. The monoisotopic (exact) mass is 757 g/mol. The van der Waals surface area contributed by atoms with Crippen LogP contribution in [0.25, 0.3) is 0 Å². The lowest BCUT2D eigenvalue weighted by atomic mass is 9.75. The molecule has 0 saturated carbocycles. The van der Waals surface area contributed by atoms with Gasteiger partial charge in [-0.05, 0) is 74.3 Å². The molecular weight excluding hydrogens is 674 g/mol. The first-order chi connectivity index (χ1) is 24.2. The van der Waals surface area contributed by atoms with Crippen LogP contribution in [0.15, 0.2) is 6.07 Å². The molecule has 8 heteroatoms. The molecular formula is C43H82O6P2. The van der Waals surface area contributed by atoms with E-state index in [1.54, 1.807) is 0 Å². The summed E-state index contributed by atoms with van der Waals surface area (Å²) in [5.74, 6) is 0. The SMILES string of the molecule is CCCCCCCCC(CCCCCCCC)(c1c(C)cc(C)c(C(CCCCCCCC)(CCCCCCCC)P(=O)(O)O)c1C)P(=O)(O)O. The highest BCUT2D eigenvalue weighted by molar-refractivity contribution is 7.53. The van der Waals surface area contributed by atoms with Gasteiger partial charge in [0, 0.05) is 0 Å². The van der Waals surface area contributed by atoms with Gasteiger partial charge in [-0.2, -0.15) is 0 Å². The Bertz CT molecular complexity index is 1050. The van der Waals surface area contributed by atoms with Crippen LogP contribution in [0.2, 0.25) is 0 Å². The molecule has 0 unspecified atom stereocenters. The van der Waals surface area contributed by atoms with Crippen molar-refractivity contribution in [1.29, 1.82) is 0 Å². The first-order valence-corrected chi connectivity index (χ1v) is 24.7. The summed E-state index contributed by atoms with van der Waals surface area (Å²) < 4.78 is 28.1. The van der Waals surface area contributed by atoms with Crippen molar-refractivity contribution >= 4 is 15.2 Å². The summed E-state index contributed by atoms with van der Waals surface area (Å²) in [4.78, 5) is 45.9. The van der Waals surface area contributed by atoms with Crippen LogP contribution in [0.3, 0.4) is 0 Å². The Kier molecular flexibility index (Phi) is 24.3. The van der Waals surface area contributed by atoms with Crippen molar-refractivity contribution in [2.75, 3.05) is 0 Å². The van der Waals surface area contributed by atoms with Crippen LogP contribution in [0.4, 0.5) is 0 Å². The average molecular weight is 757 g/mol. The molecule has 0 spiro atoms. The van der Waals surface area contributed by atoms with Crippen molar-refractivity contribution in [2.24, 2.45) is 0 Å². The molecule has 4 N–H and O–H groups in total. The normalized spacial score (nSPS) is 13.0. The van der Waals surface area contributed by atoms with Crippen LogP contribution in [-0.2, 0) is 19.4 Å². The minimum atomic E-state index is -4.70. The van der Waals surface area contributed by atoms with Crippen molar-refractivity contribution < 1.29 is 28.7 Å². The smallest absolute Gasteiger partial charge is 0.324 e. The topological polar surface area (TPSA) is 115 Å². The standard InChI is InChI=1S/C43H82O6P2/c1-8-12-16-20-24-28-32-42(50(44,45)46,33-29-25-21-17-13-9-2)40-37(5)36-38(6)41(39(40)7)43(51(47,48)49,34-30-26-22-18-14-10-3)35-31-27-23-19-15-11-4/h36H,8-35H2,1-7H3,(H2,44,45,46)(H2,47,48,49). The molecule has 0 fully saturated rings. The maximum absolute atomic E-state index is 14.1. The lowest BCUT2D eigenvalue weighted by Gasteiger charge is -2.42. The Morgan fingerprint density at radius 1 is 0.412 bits per heavy atom. The van der Waals surface area contributed by atoms with Crippen molar-refractivity contribution in [3.05, 3.63) is 33.9 Å². The van der Waals surface area contributed by atoms with E-state index in [9.17, 15) is 28.7 Å². The van der Waals surface area contributed by atoms with Gasteiger partial charge in [-0.15, -0.1) is 0 Å². The molecule has 1 aromatic carbocycles. The highest BCUT2D eigenvalue weighted by atomic mass is 31.2. The third-order valence-corrected chi connectivity index (χ3v) is 15.4. The van der Waals surface area contributed by atoms with Crippen LogP contribution < -0.4 is 0 Å². The quantitative estimate of drug-likeness (QED) is 0.0430. The fourth-order valence-electron chi connectivity index (χ4n) is 9.03. The van der Waals surface area contributed by atoms with Crippen LogP contribution in [0.5, 0.6) is 0 Å². The molecule has 0 heterocycles. The summed E-state index contributed by atoms with van der Waals surface area (Å²) in [5.41, 5.74) is 3.73. The lowest BCUT2D eigenvalue weighted by Crippen LogP contribution is -2.33. The van der Waals surface area contributed by atoms with Crippen molar-refractivity contribution in [3.8, 4) is 0 Å². The predicted molar refractivity (Wildman–Crippen MR) is 220 cm³/mol. The molecule has 300 valence electrons. The number of hydrogen-bond acceptors (Lipinski definition) is 2. The Morgan fingerprint density at radius 2 is 0.627 bits per heavy atom. The Labute approximate surface area is 315 Å². The second-order valence-electron chi connectivity index (χ2n) is 16.1. The molecule has 1 aromatic rings. The maximum atomic E-state index is 14.1. The minimum absolute atomic E-state index is 0.389. The van der Waals surface area contributed by atoms with Gasteiger partial charge >= 0.3 is 15.2 Å². The van der Waals surface area contributed by atoms with Crippen LogP contribution in [-0.4, -0.2) is 19.6 Å². The zero-order valence-electron chi connectivity index (χ0n) is 34.4. The van der Waals surface area contributed by atoms with E-state index < -0.39 is 25.5 Å².